The van der Waals surface area contributed by atoms with Gasteiger partial charge in [0.25, 0.3) is 0 Å². The summed E-state index contributed by atoms with van der Waals surface area (Å²) in [6.07, 6.45) is 2.71. The van der Waals surface area contributed by atoms with Gasteiger partial charge in [-0.1, -0.05) is 11.6 Å². The van der Waals surface area contributed by atoms with Crippen molar-refractivity contribution in [2.45, 2.75) is 38.6 Å². The molecule has 0 saturated carbocycles. The first kappa shape index (κ1) is 15.3. The van der Waals surface area contributed by atoms with Gasteiger partial charge in [0.1, 0.15) is 5.75 Å². The van der Waals surface area contributed by atoms with E-state index in [1.165, 1.54) is 12.8 Å². The number of nitrogens with zero attached hydrogens (tertiary/aromatic N) is 1. The number of carbonyl (C=O) groups is 1. The second kappa shape index (κ2) is 6.15. The number of hydrogen-bond donors (Lipinski definition) is 0. The molecular weight excluding hydrogens is 274 g/mol. The summed E-state index contributed by atoms with van der Waals surface area (Å²) in [5.41, 5.74) is 0.432. The van der Waals surface area contributed by atoms with Gasteiger partial charge in [0.05, 0.1) is 12.6 Å². The van der Waals surface area contributed by atoms with Crippen LogP contribution in [0.5, 0.6) is 5.75 Å². The van der Waals surface area contributed by atoms with Crippen LogP contribution in [0.25, 0.3) is 0 Å². The van der Waals surface area contributed by atoms with E-state index in [0.29, 0.717) is 11.4 Å². The number of benzene rings is 1. The molecule has 0 bridgehead atoms. The van der Waals surface area contributed by atoms with Crippen molar-refractivity contribution in [2.24, 2.45) is 0 Å². The Morgan fingerprint density at radius 3 is 2.60 bits per heavy atom. The van der Waals surface area contributed by atoms with Gasteiger partial charge in [0.2, 0.25) is 0 Å². The summed E-state index contributed by atoms with van der Waals surface area (Å²) in [5.74, 6) is 0.930. The molecule has 0 aliphatic carbocycles. The number of rotatable bonds is 5. The third kappa shape index (κ3) is 3.15. The highest BCUT2D eigenvalue weighted by molar-refractivity contribution is 6.30. The van der Waals surface area contributed by atoms with Gasteiger partial charge in [-0.25, -0.2) is 0 Å². The average molecular weight is 296 g/mol. The van der Waals surface area contributed by atoms with E-state index in [2.05, 4.69) is 4.90 Å². The lowest BCUT2D eigenvalue weighted by Crippen LogP contribution is -2.49. The maximum atomic E-state index is 12.7. The fourth-order valence-corrected chi connectivity index (χ4v) is 2.92. The van der Waals surface area contributed by atoms with Crippen molar-refractivity contribution in [3.05, 3.63) is 28.8 Å². The number of carbonyl (C=O) groups excluding carboxylic acids is 1. The van der Waals surface area contributed by atoms with Crippen LogP contribution < -0.4 is 4.74 Å². The third-order valence-electron chi connectivity index (χ3n) is 4.17. The molecule has 1 heterocycles. The number of hydrogen-bond acceptors (Lipinski definition) is 3. The van der Waals surface area contributed by atoms with Crippen LogP contribution in [0.4, 0.5) is 0 Å². The van der Waals surface area contributed by atoms with Gasteiger partial charge < -0.3 is 4.74 Å². The Morgan fingerprint density at radius 2 is 2.00 bits per heavy atom. The summed E-state index contributed by atoms with van der Waals surface area (Å²) in [4.78, 5) is 14.9. The first-order valence-electron chi connectivity index (χ1n) is 7.06. The van der Waals surface area contributed by atoms with Crippen LogP contribution in [-0.4, -0.2) is 36.4 Å². The predicted molar refractivity (Wildman–Crippen MR) is 81.6 cm³/mol. The average Bonchev–Trinajstić information content (AvgIpc) is 2.93. The van der Waals surface area contributed by atoms with Gasteiger partial charge in [0, 0.05) is 17.0 Å². The lowest BCUT2D eigenvalue weighted by molar-refractivity contribution is -0.128. The first-order chi connectivity index (χ1) is 9.45. The zero-order valence-corrected chi connectivity index (χ0v) is 13.2. The molecule has 0 amide bonds. The van der Waals surface area contributed by atoms with Crippen LogP contribution in [0.3, 0.4) is 0 Å². The molecule has 1 fully saturated rings. The third-order valence-corrected chi connectivity index (χ3v) is 4.41. The fourth-order valence-electron chi connectivity index (χ4n) is 2.73. The number of methoxy groups -OCH3 is 1. The van der Waals surface area contributed by atoms with E-state index in [4.69, 9.17) is 16.3 Å². The van der Waals surface area contributed by atoms with Crippen molar-refractivity contribution in [1.29, 1.82) is 0 Å². The van der Waals surface area contributed by atoms with Crippen molar-refractivity contribution in [2.75, 3.05) is 20.2 Å². The van der Waals surface area contributed by atoms with Crippen molar-refractivity contribution in [3.63, 3.8) is 0 Å². The highest BCUT2D eigenvalue weighted by Gasteiger charge is 2.35. The maximum Gasteiger partial charge on any atom is 0.157 e. The second-order valence-corrected chi connectivity index (χ2v) is 6.25. The fraction of sp³-hybridized carbons (Fsp3) is 0.562. The number of Topliss-reactive ketones (excluding diaryl/α,β-unsaturated/α-hetero) is 1. The summed E-state index contributed by atoms with van der Waals surface area (Å²) in [5, 5.41) is 0.632. The smallest absolute Gasteiger partial charge is 0.157 e. The molecule has 2 rings (SSSR count). The minimum absolute atomic E-state index is 0.208. The van der Waals surface area contributed by atoms with E-state index in [-0.39, 0.29) is 5.78 Å². The van der Waals surface area contributed by atoms with Crippen molar-refractivity contribution in [1.82, 2.24) is 4.90 Å². The van der Waals surface area contributed by atoms with E-state index in [1.54, 1.807) is 13.2 Å². The Hall–Kier alpha value is -1.06. The molecule has 1 aliphatic rings. The minimum Gasteiger partial charge on any atom is -0.496 e. The second-order valence-electron chi connectivity index (χ2n) is 5.81. The van der Waals surface area contributed by atoms with Crippen molar-refractivity contribution in [3.8, 4) is 5.75 Å². The molecule has 0 aromatic heterocycles. The highest BCUT2D eigenvalue weighted by atomic mass is 35.5. The zero-order valence-electron chi connectivity index (χ0n) is 12.4. The maximum absolute atomic E-state index is 12.7. The molecule has 0 N–H and O–H groups in total. The lowest BCUT2D eigenvalue weighted by Gasteiger charge is -2.34. The molecule has 20 heavy (non-hydrogen) atoms. The van der Waals surface area contributed by atoms with Crippen LogP contribution in [0.15, 0.2) is 18.2 Å². The topological polar surface area (TPSA) is 29.5 Å². The van der Waals surface area contributed by atoms with Crippen LogP contribution in [0, 0.1) is 0 Å². The molecule has 0 spiro atoms. The Balaban J connectivity index is 2.16. The highest BCUT2D eigenvalue weighted by Crippen LogP contribution is 2.27. The molecule has 3 nitrogen and oxygen atoms in total. The van der Waals surface area contributed by atoms with Gasteiger partial charge in [0.15, 0.2) is 5.78 Å². The van der Waals surface area contributed by atoms with Gasteiger partial charge in [-0.05, 0) is 58.0 Å². The molecule has 110 valence electrons. The van der Waals surface area contributed by atoms with E-state index >= 15 is 0 Å². The van der Waals surface area contributed by atoms with E-state index < -0.39 is 5.54 Å². The Bertz CT molecular complexity index is 493. The van der Waals surface area contributed by atoms with E-state index in [0.717, 1.165) is 24.4 Å². The van der Waals surface area contributed by atoms with E-state index in [9.17, 15) is 4.79 Å². The molecule has 1 aromatic carbocycles. The molecule has 0 unspecified atom stereocenters. The monoisotopic (exact) mass is 295 g/mol. The SMILES string of the molecule is COc1ccc(Cl)cc1CC(=O)C(C)(C)N1CCCC1. The van der Waals surface area contributed by atoms with E-state index in [1.807, 2.05) is 26.0 Å². The lowest BCUT2D eigenvalue weighted by atomic mass is 9.91. The summed E-state index contributed by atoms with van der Waals surface area (Å²) in [6, 6.07) is 5.41. The first-order valence-corrected chi connectivity index (χ1v) is 7.43. The number of ether oxygens (including phenoxy) is 1. The Morgan fingerprint density at radius 1 is 1.35 bits per heavy atom. The Labute approximate surface area is 125 Å². The van der Waals surface area contributed by atoms with Crippen LogP contribution in [0.2, 0.25) is 5.02 Å². The number of likely N-dealkylation sites (tertiary alicyclic amines) is 1. The minimum atomic E-state index is -0.427. The summed E-state index contributed by atoms with van der Waals surface area (Å²) < 4.78 is 5.31. The predicted octanol–water partition coefficient (Wildman–Crippen LogP) is 3.33. The van der Waals surface area contributed by atoms with Gasteiger partial charge in [-0.15, -0.1) is 0 Å². The molecule has 4 heteroatoms. The molecule has 1 aromatic rings. The van der Waals surface area contributed by atoms with Crippen LogP contribution in [0.1, 0.15) is 32.3 Å². The number of ketones is 1. The normalized spacial score (nSPS) is 16.4. The molecule has 0 radical (unpaired) electrons. The quantitative estimate of drug-likeness (QED) is 0.834. The van der Waals surface area contributed by atoms with Crippen molar-refractivity contribution >= 4 is 17.4 Å². The van der Waals surface area contributed by atoms with Gasteiger partial charge in [-0.2, -0.15) is 0 Å². The molecule has 1 aliphatic heterocycles. The molecular formula is C16H22ClNO2. The largest absolute Gasteiger partial charge is 0.496 e. The van der Waals surface area contributed by atoms with Crippen LogP contribution >= 0.6 is 11.6 Å². The number of halogens is 1. The van der Waals surface area contributed by atoms with Gasteiger partial charge in [-0.3, -0.25) is 9.69 Å². The molecule has 0 atom stereocenters. The standard InChI is InChI=1S/C16H22ClNO2/c1-16(2,18-8-4-5-9-18)15(19)11-12-10-13(17)6-7-14(12)20-3/h6-7,10H,4-5,8-9,11H2,1-3H3. The summed E-state index contributed by atoms with van der Waals surface area (Å²) in [6.45, 7) is 6.03. The summed E-state index contributed by atoms with van der Waals surface area (Å²) in [7, 11) is 1.61. The Kier molecular flexibility index (Phi) is 4.71. The van der Waals surface area contributed by atoms with Crippen LogP contribution in [-0.2, 0) is 11.2 Å². The molecule has 1 saturated heterocycles. The van der Waals surface area contributed by atoms with Gasteiger partial charge >= 0.3 is 0 Å². The van der Waals surface area contributed by atoms with Crippen molar-refractivity contribution < 1.29 is 9.53 Å². The zero-order chi connectivity index (χ0) is 14.8. The summed E-state index contributed by atoms with van der Waals surface area (Å²) >= 11 is 6.02.